The zero-order chi connectivity index (χ0) is 20.5. The molecule has 5 nitrogen and oxygen atoms in total. The van der Waals surface area contributed by atoms with E-state index in [9.17, 15) is 9.59 Å². The molecule has 1 aliphatic rings. The number of ketones is 1. The number of fused-ring (bicyclic) bond motifs is 3. The summed E-state index contributed by atoms with van der Waals surface area (Å²) in [6.45, 7) is 11.6. The molecule has 0 radical (unpaired) electrons. The first-order chi connectivity index (χ1) is 13.3. The minimum Gasteiger partial charge on any atom is -0.488 e. The minimum absolute atomic E-state index is 0.151. The van der Waals surface area contributed by atoms with E-state index in [1.807, 2.05) is 32.9 Å². The first-order valence-corrected chi connectivity index (χ1v) is 9.64. The van der Waals surface area contributed by atoms with E-state index in [-0.39, 0.29) is 24.4 Å². The Morgan fingerprint density at radius 2 is 2.07 bits per heavy atom. The van der Waals surface area contributed by atoms with Crippen molar-refractivity contribution in [3.05, 3.63) is 51.9 Å². The summed E-state index contributed by atoms with van der Waals surface area (Å²) in [7, 11) is 0. The molecule has 0 N–H and O–H groups in total. The van der Waals surface area contributed by atoms with Crippen molar-refractivity contribution in [1.29, 1.82) is 0 Å². The van der Waals surface area contributed by atoms with Gasteiger partial charge in [-0.3, -0.25) is 4.79 Å². The zero-order valence-corrected chi connectivity index (χ0v) is 16.9. The van der Waals surface area contributed by atoms with Crippen molar-refractivity contribution in [2.75, 3.05) is 6.61 Å². The molecular formula is C23H26O5. The molecule has 28 heavy (non-hydrogen) atoms. The predicted octanol–water partition coefficient (Wildman–Crippen LogP) is 5.09. The Kier molecular flexibility index (Phi) is 5.45. The Morgan fingerprint density at radius 3 is 2.71 bits per heavy atom. The Balaban J connectivity index is 2.52. The van der Waals surface area contributed by atoms with Crippen LogP contribution in [0.2, 0.25) is 0 Å². The SMILES string of the molecule is C=CCOc1c2c(c3c(CCC)cc(=O)oc3c1C(=O)CC)OC(C)(C)C=C2. The van der Waals surface area contributed by atoms with Gasteiger partial charge in [-0.1, -0.05) is 32.9 Å². The number of benzene rings is 1. The van der Waals surface area contributed by atoms with Crippen molar-refractivity contribution in [3.8, 4) is 11.5 Å². The molecular weight excluding hydrogens is 356 g/mol. The van der Waals surface area contributed by atoms with Crippen LogP contribution in [0.3, 0.4) is 0 Å². The standard InChI is InChI=1S/C23H26O5/c1-6-9-14-13-17(25)27-22-18(14)21-15(10-11-23(4,5)28-21)20(26-12-7-2)19(22)16(24)8-3/h7,10-11,13H,2,6,8-9,12H2,1,3-5H3. The highest BCUT2D eigenvalue weighted by atomic mass is 16.5. The molecule has 0 saturated heterocycles. The first-order valence-electron chi connectivity index (χ1n) is 9.64. The average Bonchev–Trinajstić information content (AvgIpc) is 2.64. The van der Waals surface area contributed by atoms with Gasteiger partial charge in [0.2, 0.25) is 0 Å². The van der Waals surface area contributed by atoms with Gasteiger partial charge in [0.05, 0.1) is 10.9 Å². The van der Waals surface area contributed by atoms with E-state index in [0.717, 1.165) is 12.0 Å². The second-order valence-electron chi connectivity index (χ2n) is 7.41. The maximum Gasteiger partial charge on any atom is 0.336 e. The summed E-state index contributed by atoms with van der Waals surface area (Å²) in [6.07, 6.45) is 7.24. The van der Waals surface area contributed by atoms with E-state index in [1.165, 1.54) is 6.07 Å². The Labute approximate surface area is 164 Å². The van der Waals surface area contributed by atoms with Crippen LogP contribution in [0, 0.1) is 0 Å². The molecule has 148 valence electrons. The molecule has 1 aromatic carbocycles. The molecule has 1 aromatic heterocycles. The lowest BCUT2D eigenvalue weighted by Crippen LogP contribution is -2.28. The Hall–Kier alpha value is -2.82. The average molecular weight is 382 g/mol. The normalized spacial score (nSPS) is 14.4. The second-order valence-corrected chi connectivity index (χ2v) is 7.41. The number of carbonyl (C=O) groups excluding carboxylic acids is 1. The third-order valence-corrected chi connectivity index (χ3v) is 4.69. The fraction of sp³-hybridized carbons (Fsp3) is 0.391. The summed E-state index contributed by atoms with van der Waals surface area (Å²) >= 11 is 0. The number of hydrogen-bond acceptors (Lipinski definition) is 5. The van der Waals surface area contributed by atoms with Crippen LogP contribution in [0.25, 0.3) is 17.0 Å². The van der Waals surface area contributed by atoms with E-state index in [4.69, 9.17) is 13.9 Å². The van der Waals surface area contributed by atoms with Crippen molar-refractivity contribution in [3.63, 3.8) is 0 Å². The van der Waals surface area contributed by atoms with Gasteiger partial charge in [0, 0.05) is 12.5 Å². The fourth-order valence-corrected chi connectivity index (χ4v) is 3.47. The summed E-state index contributed by atoms with van der Waals surface area (Å²) in [5, 5.41) is 0.677. The molecule has 0 aliphatic carbocycles. The van der Waals surface area contributed by atoms with Crippen LogP contribution in [0.5, 0.6) is 11.5 Å². The number of rotatable bonds is 7. The Morgan fingerprint density at radius 1 is 1.32 bits per heavy atom. The number of Topliss-reactive ketones (excluding diaryl/α,β-unsaturated/α-hetero) is 1. The lowest BCUT2D eigenvalue weighted by atomic mass is 9.92. The topological polar surface area (TPSA) is 65.7 Å². The van der Waals surface area contributed by atoms with Gasteiger partial charge in [0.1, 0.15) is 29.3 Å². The van der Waals surface area contributed by atoms with Gasteiger partial charge in [-0.05, 0) is 38.0 Å². The van der Waals surface area contributed by atoms with E-state index < -0.39 is 11.2 Å². The molecule has 2 heterocycles. The highest BCUT2D eigenvalue weighted by Crippen LogP contribution is 2.47. The van der Waals surface area contributed by atoms with Gasteiger partial charge < -0.3 is 13.9 Å². The van der Waals surface area contributed by atoms with Crippen molar-refractivity contribution >= 4 is 22.8 Å². The van der Waals surface area contributed by atoms with Crippen molar-refractivity contribution < 1.29 is 18.7 Å². The number of carbonyl (C=O) groups is 1. The fourth-order valence-electron chi connectivity index (χ4n) is 3.47. The minimum atomic E-state index is -0.536. The lowest BCUT2D eigenvalue weighted by Gasteiger charge is -2.31. The van der Waals surface area contributed by atoms with Gasteiger partial charge >= 0.3 is 5.63 Å². The molecule has 5 heteroatoms. The van der Waals surface area contributed by atoms with Gasteiger partial charge in [0.15, 0.2) is 11.4 Å². The van der Waals surface area contributed by atoms with Crippen LogP contribution >= 0.6 is 0 Å². The summed E-state index contributed by atoms with van der Waals surface area (Å²) in [4.78, 5) is 25.1. The van der Waals surface area contributed by atoms with Gasteiger partial charge in [-0.25, -0.2) is 4.79 Å². The van der Waals surface area contributed by atoms with Crippen LogP contribution in [0.15, 0.2) is 34.0 Å². The van der Waals surface area contributed by atoms with Crippen molar-refractivity contribution in [1.82, 2.24) is 0 Å². The van der Waals surface area contributed by atoms with Crippen molar-refractivity contribution in [2.45, 2.75) is 52.6 Å². The maximum absolute atomic E-state index is 12.9. The summed E-state index contributed by atoms with van der Waals surface area (Å²) < 4.78 is 17.7. The van der Waals surface area contributed by atoms with E-state index >= 15 is 0 Å². The third kappa shape index (κ3) is 3.49. The molecule has 0 fully saturated rings. The van der Waals surface area contributed by atoms with E-state index in [0.29, 0.717) is 34.4 Å². The van der Waals surface area contributed by atoms with E-state index in [2.05, 4.69) is 6.58 Å². The summed E-state index contributed by atoms with van der Waals surface area (Å²) in [5.41, 5.74) is 1.02. The van der Waals surface area contributed by atoms with Crippen molar-refractivity contribution in [2.24, 2.45) is 0 Å². The number of ether oxygens (including phenoxy) is 2. The molecule has 2 aromatic rings. The second kappa shape index (κ2) is 7.66. The molecule has 1 aliphatic heterocycles. The van der Waals surface area contributed by atoms with Gasteiger partial charge in [-0.2, -0.15) is 0 Å². The lowest BCUT2D eigenvalue weighted by molar-refractivity contribution is 0.0985. The molecule has 3 rings (SSSR count). The van der Waals surface area contributed by atoms with E-state index in [1.54, 1.807) is 13.0 Å². The molecule has 0 amide bonds. The maximum atomic E-state index is 12.9. The van der Waals surface area contributed by atoms with Crippen LogP contribution in [0.1, 0.15) is 62.0 Å². The van der Waals surface area contributed by atoms with Crippen LogP contribution < -0.4 is 15.1 Å². The molecule has 0 spiro atoms. The predicted molar refractivity (Wildman–Crippen MR) is 111 cm³/mol. The third-order valence-electron chi connectivity index (χ3n) is 4.69. The smallest absolute Gasteiger partial charge is 0.336 e. The Bertz CT molecular complexity index is 1020. The van der Waals surface area contributed by atoms with Crippen LogP contribution in [-0.2, 0) is 6.42 Å². The molecule has 0 unspecified atom stereocenters. The van der Waals surface area contributed by atoms with Gasteiger partial charge in [0.25, 0.3) is 0 Å². The van der Waals surface area contributed by atoms with Crippen LogP contribution in [-0.4, -0.2) is 18.0 Å². The molecule has 0 atom stereocenters. The zero-order valence-electron chi connectivity index (χ0n) is 16.9. The first kappa shape index (κ1) is 19.9. The quantitative estimate of drug-likeness (QED) is 0.379. The highest BCUT2D eigenvalue weighted by molar-refractivity contribution is 6.12. The summed E-state index contributed by atoms with van der Waals surface area (Å²) in [6, 6.07) is 1.49. The highest BCUT2D eigenvalue weighted by Gasteiger charge is 2.32. The van der Waals surface area contributed by atoms with Crippen LogP contribution in [0.4, 0.5) is 0 Å². The monoisotopic (exact) mass is 382 g/mol. The number of aryl methyl sites for hydroxylation is 1. The molecule has 0 bridgehead atoms. The van der Waals surface area contributed by atoms with Gasteiger partial charge in [-0.15, -0.1) is 0 Å². The summed E-state index contributed by atoms with van der Waals surface area (Å²) in [5.74, 6) is 0.807. The largest absolute Gasteiger partial charge is 0.488 e. The molecule has 0 saturated carbocycles. The number of hydrogen-bond donors (Lipinski definition) is 0.